The van der Waals surface area contributed by atoms with Crippen LogP contribution in [-0.4, -0.2) is 48.5 Å². The first-order chi connectivity index (χ1) is 9.10. The van der Waals surface area contributed by atoms with Gasteiger partial charge in [0.25, 0.3) is 0 Å². The number of esters is 1. The monoisotopic (exact) mass is 263 g/mol. The second kappa shape index (κ2) is 5.69. The number of amides is 1. The number of hydrogen-bond donors (Lipinski definition) is 1. The number of carbonyl (C=O) groups is 2. The van der Waals surface area contributed by atoms with Gasteiger partial charge < -0.3 is 15.0 Å². The molecule has 1 aromatic heterocycles. The van der Waals surface area contributed by atoms with Crippen molar-refractivity contribution in [3.05, 3.63) is 23.9 Å². The van der Waals surface area contributed by atoms with E-state index in [-0.39, 0.29) is 17.9 Å². The Morgan fingerprint density at radius 1 is 1.58 bits per heavy atom. The lowest BCUT2D eigenvalue weighted by atomic mass is 10.1. The van der Waals surface area contributed by atoms with Crippen LogP contribution in [0.3, 0.4) is 0 Å². The highest BCUT2D eigenvalue weighted by Gasteiger charge is 2.23. The number of carbonyl (C=O) groups excluding carboxylic acids is 2. The number of nitrogens with one attached hydrogen (secondary N) is 1. The van der Waals surface area contributed by atoms with Crippen LogP contribution in [0.5, 0.6) is 0 Å². The summed E-state index contributed by atoms with van der Waals surface area (Å²) in [6, 6.07) is 3.42. The van der Waals surface area contributed by atoms with Crippen molar-refractivity contribution in [3.8, 4) is 0 Å². The first-order valence-corrected chi connectivity index (χ1v) is 6.15. The van der Waals surface area contributed by atoms with Crippen molar-refractivity contribution in [2.24, 2.45) is 0 Å². The van der Waals surface area contributed by atoms with E-state index in [1.165, 1.54) is 7.11 Å². The molecule has 1 unspecified atom stereocenters. The summed E-state index contributed by atoms with van der Waals surface area (Å²) in [7, 11) is 3.13. The molecule has 1 aliphatic rings. The van der Waals surface area contributed by atoms with Crippen molar-refractivity contribution in [1.29, 1.82) is 0 Å². The molecule has 1 amide bonds. The van der Waals surface area contributed by atoms with Crippen LogP contribution in [0.1, 0.15) is 23.2 Å². The van der Waals surface area contributed by atoms with Gasteiger partial charge in [0, 0.05) is 32.3 Å². The molecule has 1 saturated heterocycles. The number of likely N-dealkylation sites (tertiary alicyclic amines) is 1. The Morgan fingerprint density at radius 3 is 3.05 bits per heavy atom. The summed E-state index contributed by atoms with van der Waals surface area (Å²) < 4.78 is 4.66. The molecule has 102 valence electrons. The molecule has 1 atom stereocenters. The molecule has 1 N–H and O–H groups in total. The topological polar surface area (TPSA) is 71.5 Å². The highest BCUT2D eigenvalue weighted by atomic mass is 16.5. The van der Waals surface area contributed by atoms with Crippen LogP contribution in [-0.2, 0) is 9.53 Å². The summed E-state index contributed by atoms with van der Waals surface area (Å²) >= 11 is 0. The fourth-order valence-corrected chi connectivity index (χ4v) is 2.09. The largest absolute Gasteiger partial charge is 0.465 e. The molecule has 19 heavy (non-hydrogen) atoms. The van der Waals surface area contributed by atoms with E-state index in [0.717, 1.165) is 6.42 Å². The summed E-state index contributed by atoms with van der Waals surface area (Å²) in [5, 5.41) is 3.24. The third-order valence-corrected chi connectivity index (χ3v) is 3.16. The number of nitrogens with zero attached hydrogens (tertiary/aromatic N) is 2. The highest BCUT2D eigenvalue weighted by Crippen LogP contribution is 2.15. The summed E-state index contributed by atoms with van der Waals surface area (Å²) in [5.74, 6) is 0.395. The van der Waals surface area contributed by atoms with E-state index in [2.05, 4.69) is 15.0 Å². The van der Waals surface area contributed by atoms with E-state index in [0.29, 0.717) is 24.3 Å². The van der Waals surface area contributed by atoms with Gasteiger partial charge in [0.05, 0.1) is 12.7 Å². The van der Waals surface area contributed by atoms with Gasteiger partial charge in [-0.2, -0.15) is 0 Å². The molecule has 1 aromatic rings. The molecular weight excluding hydrogens is 246 g/mol. The molecule has 1 aliphatic heterocycles. The van der Waals surface area contributed by atoms with E-state index < -0.39 is 0 Å². The third-order valence-electron chi connectivity index (χ3n) is 3.16. The Labute approximate surface area is 111 Å². The van der Waals surface area contributed by atoms with Crippen molar-refractivity contribution in [1.82, 2.24) is 9.88 Å². The van der Waals surface area contributed by atoms with Crippen LogP contribution in [0.25, 0.3) is 0 Å². The number of piperidine rings is 1. The number of ether oxygens (including phenoxy) is 1. The second-order valence-corrected chi connectivity index (χ2v) is 4.58. The average Bonchev–Trinajstić information content (AvgIpc) is 2.42. The minimum Gasteiger partial charge on any atom is -0.465 e. The summed E-state index contributed by atoms with van der Waals surface area (Å²) in [6.45, 7) is 0.642. The number of hydrogen-bond acceptors (Lipinski definition) is 5. The second-order valence-electron chi connectivity index (χ2n) is 4.58. The SMILES string of the molecule is COC(=O)c1ccnc(NC2CCC(=O)N(C)C2)c1. The van der Waals surface area contributed by atoms with Crippen molar-refractivity contribution in [3.63, 3.8) is 0 Å². The molecule has 0 aromatic carbocycles. The minimum atomic E-state index is -0.388. The zero-order valence-electron chi connectivity index (χ0n) is 11.0. The summed E-state index contributed by atoms with van der Waals surface area (Å²) in [6.07, 6.45) is 2.87. The summed E-state index contributed by atoms with van der Waals surface area (Å²) in [5.41, 5.74) is 0.459. The quantitative estimate of drug-likeness (QED) is 0.820. The lowest BCUT2D eigenvalue weighted by Crippen LogP contribution is -2.43. The van der Waals surface area contributed by atoms with Crippen LogP contribution in [0.15, 0.2) is 18.3 Å². The molecule has 2 heterocycles. The van der Waals surface area contributed by atoms with Gasteiger partial charge >= 0.3 is 5.97 Å². The van der Waals surface area contributed by atoms with E-state index in [1.54, 1.807) is 30.3 Å². The molecule has 0 aliphatic carbocycles. The zero-order valence-corrected chi connectivity index (χ0v) is 11.0. The zero-order chi connectivity index (χ0) is 13.8. The standard InChI is InChI=1S/C13H17N3O3/c1-16-8-10(3-4-12(16)17)15-11-7-9(5-6-14-11)13(18)19-2/h5-7,10H,3-4,8H2,1-2H3,(H,14,15). The Balaban J connectivity index is 2.03. The van der Waals surface area contributed by atoms with Crippen molar-refractivity contribution >= 4 is 17.7 Å². The van der Waals surface area contributed by atoms with Gasteiger partial charge in [0.2, 0.25) is 5.91 Å². The molecular formula is C13H17N3O3. The normalized spacial score (nSPS) is 19.2. The van der Waals surface area contributed by atoms with Crippen molar-refractivity contribution < 1.29 is 14.3 Å². The Morgan fingerprint density at radius 2 is 2.37 bits per heavy atom. The maximum atomic E-state index is 11.4. The number of pyridine rings is 1. The fraction of sp³-hybridized carbons (Fsp3) is 0.462. The van der Waals surface area contributed by atoms with Gasteiger partial charge in [0.15, 0.2) is 0 Å². The highest BCUT2D eigenvalue weighted by molar-refractivity contribution is 5.90. The van der Waals surface area contributed by atoms with Gasteiger partial charge in [-0.1, -0.05) is 0 Å². The minimum absolute atomic E-state index is 0.156. The molecule has 0 spiro atoms. The Hall–Kier alpha value is -2.11. The molecule has 1 fully saturated rings. The van der Waals surface area contributed by atoms with Gasteiger partial charge in [-0.15, -0.1) is 0 Å². The van der Waals surface area contributed by atoms with Gasteiger partial charge in [-0.25, -0.2) is 9.78 Å². The number of anilines is 1. The average molecular weight is 263 g/mol. The predicted molar refractivity (Wildman–Crippen MR) is 69.9 cm³/mol. The summed E-state index contributed by atoms with van der Waals surface area (Å²) in [4.78, 5) is 28.7. The van der Waals surface area contributed by atoms with Gasteiger partial charge in [0.1, 0.15) is 5.82 Å². The smallest absolute Gasteiger partial charge is 0.338 e. The van der Waals surface area contributed by atoms with Crippen molar-refractivity contribution in [2.45, 2.75) is 18.9 Å². The number of methoxy groups -OCH3 is 1. The lowest BCUT2D eigenvalue weighted by molar-refractivity contribution is -0.132. The Bertz CT molecular complexity index is 490. The molecule has 0 bridgehead atoms. The maximum absolute atomic E-state index is 11.4. The molecule has 0 radical (unpaired) electrons. The molecule has 2 rings (SSSR count). The number of aromatic nitrogens is 1. The molecule has 0 saturated carbocycles. The van der Waals surface area contributed by atoms with Crippen LogP contribution in [0.4, 0.5) is 5.82 Å². The molecule has 6 heteroatoms. The van der Waals surface area contributed by atoms with E-state index >= 15 is 0 Å². The van der Waals surface area contributed by atoms with E-state index in [1.807, 2.05) is 0 Å². The Kier molecular flexibility index (Phi) is 3.99. The number of likely N-dealkylation sites (N-methyl/N-ethyl adjacent to an activating group) is 1. The van der Waals surface area contributed by atoms with Crippen LogP contribution in [0.2, 0.25) is 0 Å². The third kappa shape index (κ3) is 3.21. The van der Waals surface area contributed by atoms with Crippen LogP contribution < -0.4 is 5.32 Å². The first-order valence-electron chi connectivity index (χ1n) is 6.15. The van der Waals surface area contributed by atoms with Crippen LogP contribution >= 0.6 is 0 Å². The van der Waals surface area contributed by atoms with E-state index in [4.69, 9.17) is 0 Å². The van der Waals surface area contributed by atoms with E-state index in [9.17, 15) is 9.59 Å². The lowest BCUT2D eigenvalue weighted by Gasteiger charge is -2.30. The van der Waals surface area contributed by atoms with Gasteiger partial charge in [-0.3, -0.25) is 4.79 Å². The first kappa shape index (κ1) is 13.3. The molecule has 6 nitrogen and oxygen atoms in total. The number of rotatable bonds is 3. The fourth-order valence-electron chi connectivity index (χ4n) is 2.09. The van der Waals surface area contributed by atoms with Crippen LogP contribution in [0, 0.1) is 0 Å². The predicted octanol–water partition coefficient (Wildman–Crippen LogP) is 0.901. The van der Waals surface area contributed by atoms with Crippen molar-refractivity contribution in [2.75, 3.05) is 26.0 Å². The maximum Gasteiger partial charge on any atom is 0.338 e. The van der Waals surface area contributed by atoms with Gasteiger partial charge in [-0.05, 0) is 18.6 Å².